The molecule has 1 fully saturated rings. The third kappa shape index (κ3) is 3.44. The number of piperidine rings is 1. The second-order valence-electron chi connectivity index (χ2n) is 4.08. The molecule has 0 aliphatic carbocycles. The summed E-state index contributed by atoms with van der Waals surface area (Å²) in [7, 11) is -3.78. The summed E-state index contributed by atoms with van der Waals surface area (Å²) in [5.74, 6) is -2.29. The van der Waals surface area contributed by atoms with Crippen molar-refractivity contribution >= 4 is 16.0 Å². The van der Waals surface area contributed by atoms with Gasteiger partial charge in [0.05, 0.1) is 5.60 Å². The van der Waals surface area contributed by atoms with Crippen LogP contribution in [-0.2, 0) is 14.8 Å². The number of rotatable bonds is 3. The summed E-state index contributed by atoms with van der Waals surface area (Å²) >= 11 is 0. The maximum Gasteiger partial charge on any atom is 0.320 e. The molecular weight excluding hydrogens is 222 g/mol. The van der Waals surface area contributed by atoms with E-state index in [0.29, 0.717) is 12.8 Å². The van der Waals surface area contributed by atoms with Gasteiger partial charge in [-0.3, -0.25) is 4.79 Å². The van der Waals surface area contributed by atoms with Gasteiger partial charge in [-0.05, 0) is 19.8 Å². The van der Waals surface area contributed by atoms with Gasteiger partial charge in [0.2, 0.25) is 10.0 Å². The number of hydrogen-bond acceptors (Lipinski definition) is 4. The van der Waals surface area contributed by atoms with Crippen molar-refractivity contribution in [2.45, 2.75) is 25.4 Å². The normalized spacial score (nSPS) is 28.9. The minimum absolute atomic E-state index is 0.0252. The topological polar surface area (TPSA) is 94.9 Å². The minimum atomic E-state index is -3.78. The van der Waals surface area contributed by atoms with Gasteiger partial charge in [0, 0.05) is 13.1 Å². The van der Waals surface area contributed by atoms with E-state index in [0.717, 1.165) is 4.31 Å². The van der Waals surface area contributed by atoms with Gasteiger partial charge >= 0.3 is 5.97 Å². The molecule has 1 saturated heterocycles. The van der Waals surface area contributed by atoms with Crippen LogP contribution in [0.15, 0.2) is 0 Å². The van der Waals surface area contributed by atoms with Crippen LogP contribution in [0.3, 0.4) is 0 Å². The number of aliphatic hydroxyl groups is 1. The Labute approximate surface area is 88.6 Å². The molecule has 0 spiro atoms. The van der Waals surface area contributed by atoms with Crippen LogP contribution in [0, 0.1) is 0 Å². The molecule has 1 rings (SSSR count). The fourth-order valence-corrected chi connectivity index (χ4v) is 3.04. The Morgan fingerprint density at radius 1 is 1.53 bits per heavy atom. The molecule has 0 aromatic rings. The van der Waals surface area contributed by atoms with Crippen molar-refractivity contribution in [3.05, 3.63) is 0 Å². The van der Waals surface area contributed by atoms with E-state index < -0.39 is 27.3 Å². The van der Waals surface area contributed by atoms with E-state index in [1.165, 1.54) is 0 Å². The van der Waals surface area contributed by atoms with Crippen molar-refractivity contribution < 1.29 is 23.4 Å². The van der Waals surface area contributed by atoms with E-state index >= 15 is 0 Å². The monoisotopic (exact) mass is 237 g/mol. The predicted octanol–water partition coefficient (Wildman–Crippen LogP) is -0.752. The van der Waals surface area contributed by atoms with Crippen molar-refractivity contribution in [3.8, 4) is 0 Å². The molecule has 1 aliphatic heterocycles. The molecule has 0 saturated carbocycles. The van der Waals surface area contributed by atoms with Gasteiger partial charge < -0.3 is 10.2 Å². The summed E-state index contributed by atoms with van der Waals surface area (Å²) in [6.45, 7) is 1.81. The molecule has 88 valence electrons. The van der Waals surface area contributed by atoms with Gasteiger partial charge in [-0.25, -0.2) is 8.42 Å². The van der Waals surface area contributed by atoms with Crippen molar-refractivity contribution in [3.63, 3.8) is 0 Å². The maximum atomic E-state index is 11.5. The van der Waals surface area contributed by atoms with E-state index in [-0.39, 0.29) is 13.1 Å². The third-order valence-electron chi connectivity index (χ3n) is 2.34. The van der Waals surface area contributed by atoms with E-state index in [9.17, 15) is 18.3 Å². The molecule has 6 nitrogen and oxygen atoms in total. The van der Waals surface area contributed by atoms with Crippen LogP contribution in [-0.4, -0.2) is 53.3 Å². The van der Waals surface area contributed by atoms with E-state index in [1.54, 1.807) is 6.92 Å². The van der Waals surface area contributed by atoms with Crippen LogP contribution in [0.2, 0.25) is 0 Å². The van der Waals surface area contributed by atoms with Gasteiger partial charge in [-0.2, -0.15) is 4.31 Å². The standard InChI is InChI=1S/C8H15NO5S/c1-8(12)3-2-4-9(6-8)15(13,14)5-7(10)11/h12H,2-6H2,1H3,(H,10,11). The fraction of sp³-hybridized carbons (Fsp3) is 0.875. The summed E-state index contributed by atoms with van der Waals surface area (Å²) < 4.78 is 24.1. The summed E-state index contributed by atoms with van der Waals surface area (Å²) in [6.07, 6.45) is 1.08. The molecule has 15 heavy (non-hydrogen) atoms. The quantitative estimate of drug-likeness (QED) is 0.673. The van der Waals surface area contributed by atoms with Crippen LogP contribution in [0.5, 0.6) is 0 Å². The molecule has 1 atom stereocenters. The Hall–Kier alpha value is -0.660. The number of aliphatic carboxylic acids is 1. The molecule has 1 heterocycles. The lowest BCUT2D eigenvalue weighted by Gasteiger charge is -2.35. The molecule has 7 heteroatoms. The predicted molar refractivity (Wildman–Crippen MR) is 52.9 cm³/mol. The smallest absolute Gasteiger partial charge is 0.320 e. The summed E-state index contributed by atoms with van der Waals surface area (Å²) in [4.78, 5) is 10.4. The first kappa shape index (κ1) is 12.4. The van der Waals surface area contributed by atoms with Gasteiger partial charge in [0.25, 0.3) is 0 Å². The Balaban J connectivity index is 2.75. The first-order valence-electron chi connectivity index (χ1n) is 4.65. The SMILES string of the molecule is CC1(O)CCCN(S(=O)(=O)CC(=O)O)C1. The van der Waals surface area contributed by atoms with Crippen LogP contribution in [0.1, 0.15) is 19.8 Å². The second-order valence-corrected chi connectivity index (χ2v) is 6.05. The molecule has 1 unspecified atom stereocenters. The Bertz CT molecular complexity index is 348. The lowest BCUT2D eigenvalue weighted by molar-refractivity contribution is -0.134. The Kier molecular flexibility index (Phi) is 3.37. The van der Waals surface area contributed by atoms with Crippen molar-refractivity contribution in [2.75, 3.05) is 18.8 Å². The van der Waals surface area contributed by atoms with Crippen LogP contribution in [0.4, 0.5) is 0 Å². The fourth-order valence-electron chi connectivity index (χ4n) is 1.66. The highest BCUT2D eigenvalue weighted by molar-refractivity contribution is 7.89. The number of nitrogens with zero attached hydrogens (tertiary/aromatic N) is 1. The molecule has 0 radical (unpaired) electrons. The largest absolute Gasteiger partial charge is 0.480 e. The first-order valence-corrected chi connectivity index (χ1v) is 6.26. The molecule has 0 amide bonds. The zero-order valence-electron chi connectivity index (χ0n) is 8.51. The average molecular weight is 237 g/mol. The van der Waals surface area contributed by atoms with Crippen molar-refractivity contribution in [1.82, 2.24) is 4.31 Å². The van der Waals surface area contributed by atoms with Crippen LogP contribution >= 0.6 is 0 Å². The van der Waals surface area contributed by atoms with Gasteiger partial charge in [0.15, 0.2) is 5.75 Å². The number of β-amino-alcohol motifs (C(OH)–C–C–N with tert-alkyl or cyclic N) is 1. The number of carboxylic acid groups (broad SMARTS) is 1. The van der Waals surface area contributed by atoms with Crippen molar-refractivity contribution in [1.29, 1.82) is 0 Å². The maximum absolute atomic E-state index is 11.5. The van der Waals surface area contributed by atoms with Gasteiger partial charge in [-0.15, -0.1) is 0 Å². The molecule has 2 N–H and O–H groups in total. The number of carboxylic acids is 1. The molecule has 0 bridgehead atoms. The highest BCUT2D eigenvalue weighted by atomic mass is 32.2. The zero-order chi connectivity index (χ0) is 11.7. The van der Waals surface area contributed by atoms with Crippen LogP contribution in [0.25, 0.3) is 0 Å². The van der Waals surface area contributed by atoms with E-state index in [4.69, 9.17) is 5.11 Å². The summed E-state index contributed by atoms with van der Waals surface area (Å²) in [5, 5.41) is 18.1. The first-order chi connectivity index (χ1) is 6.73. The van der Waals surface area contributed by atoms with Crippen molar-refractivity contribution in [2.24, 2.45) is 0 Å². The van der Waals surface area contributed by atoms with E-state index in [1.807, 2.05) is 0 Å². The second kappa shape index (κ2) is 4.07. The van der Waals surface area contributed by atoms with Crippen LogP contribution < -0.4 is 0 Å². The number of carbonyl (C=O) groups is 1. The molecule has 0 aromatic heterocycles. The molecule has 1 aliphatic rings. The molecule has 0 aromatic carbocycles. The number of hydrogen-bond donors (Lipinski definition) is 2. The third-order valence-corrected chi connectivity index (χ3v) is 4.05. The highest BCUT2D eigenvalue weighted by Gasteiger charge is 2.35. The van der Waals surface area contributed by atoms with Gasteiger partial charge in [-0.1, -0.05) is 0 Å². The van der Waals surface area contributed by atoms with Gasteiger partial charge in [0.1, 0.15) is 0 Å². The summed E-state index contributed by atoms with van der Waals surface area (Å²) in [5.41, 5.74) is -1.05. The van der Waals surface area contributed by atoms with E-state index in [2.05, 4.69) is 0 Å². The lowest BCUT2D eigenvalue weighted by Crippen LogP contribution is -2.49. The molecular formula is C8H15NO5S. The highest BCUT2D eigenvalue weighted by Crippen LogP contribution is 2.22. The number of sulfonamides is 1. The lowest BCUT2D eigenvalue weighted by atomic mass is 9.97. The summed E-state index contributed by atoms with van der Waals surface area (Å²) in [6, 6.07) is 0. The Morgan fingerprint density at radius 2 is 2.13 bits per heavy atom. The average Bonchev–Trinajstić information content (AvgIpc) is 1.99. The minimum Gasteiger partial charge on any atom is -0.480 e. The zero-order valence-corrected chi connectivity index (χ0v) is 9.33. The Morgan fingerprint density at radius 3 is 2.60 bits per heavy atom.